The molecule has 1 N–H and O–H groups in total. The number of hydrogen-bond acceptors (Lipinski definition) is 4. The maximum atomic E-state index is 15.0. The number of nitrogens with zero attached hydrogens (tertiary/aromatic N) is 3. The van der Waals surface area contributed by atoms with E-state index in [1.807, 2.05) is 0 Å². The van der Waals surface area contributed by atoms with Gasteiger partial charge in [-0.1, -0.05) is 19.1 Å². The molecule has 0 saturated heterocycles. The lowest BCUT2D eigenvalue weighted by Gasteiger charge is -2.19. The number of carbonyl (C=O) groups excluding carboxylic acids is 1. The Morgan fingerprint density at radius 2 is 1.91 bits per heavy atom. The summed E-state index contributed by atoms with van der Waals surface area (Å²) >= 11 is 0. The molecule has 1 atom stereocenters. The smallest absolute Gasteiger partial charge is 0.350 e. The average Bonchev–Trinajstić information content (AvgIpc) is 3.08. The Hall–Kier alpha value is -3.70. The number of nitrogens with one attached hydrogen (secondary N) is 1. The van der Waals surface area contributed by atoms with Gasteiger partial charge in [-0.3, -0.25) is 9.36 Å². The Morgan fingerprint density at radius 3 is 2.47 bits per heavy atom. The van der Waals surface area contributed by atoms with Gasteiger partial charge in [-0.25, -0.2) is 26.7 Å². The van der Waals surface area contributed by atoms with Crippen molar-refractivity contribution in [2.75, 3.05) is 12.0 Å². The van der Waals surface area contributed by atoms with Gasteiger partial charge in [-0.2, -0.15) is 4.68 Å². The minimum atomic E-state index is -3.27. The maximum Gasteiger partial charge on any atom is 0.350 e. The van der Waals surface area contributed by atoms with Crippen LogP contribution in [0.4, 0.5) is 27.6 Å². The zero-order chi connectivity index (χ0) is 25.2. The fourth-order valence-corrected chi connectivity index (χ4v) is 3.21. The number of aromatic nitrogens is 3. The second kappa shape index (κ2) is 10.1. The summed E-state index contributed by atoms with van der Waals surface area (Å²) in [5, 5.41) is 6.24. The van der Waals surface area contributed by atoms with E-state index in [-0.39, 0.29) is 5.69 Å². The van der Waals surface area contributed by atoms with E-state index in [4.69, 9.17) is 4.74 Å². The predicted molar refractivity (Wildman–Crippen MR) is 114 cm³/mol. The number of halogens is 5. The van der Waals surface area contributed by atoms with Crippen molar-refractivity contribution >= 4 is 11.6 Å². The summed E-state index contributed by atoms with van der Waals surface area (Å²) in [5.74, 6) is -3.32. The average molecular weight is 484 g/mol. The minimum Gasteiger partial charge on any atom is -0.481 e. The quantitative estimate of drug-likeness (QED) is 0.491. The van der Waals surface area contributed by atoms with Gasteiger partial charge in [-0.15, -0.1) is 5.10 Å². The SMILES string of the molecule is CCc1nn(-c2cc(O[C@@H](CF)C(F)F)c(C(=O)Nc3c(C)cccc3F)cc2F)c(=O)n1C. The number of aryl methyl sites for hydroxylation is 2. The van der Waals surface area contributed by atoms with Crippen LogP contribution in [0.25, 0.3) is 5.69 Å². The summed E-state index contributed by atoms with van der Waals surface area (Å²) < 4.78 is 75.5. The van der Waals surface area contributed by atoms with Crippen LogP contribution in [-0.2, 0) is 13.5 Å². The van der Waals surface area contributed by atoms with Gasteiger partial charge in [0.05, 0.1) is 11.3 Å². The van der Waals surface area contributed by atoms with Gasteiger partial charge in [-0.05, 0) is 24.6 Å². The Labute approximate surface area is 190 Å². The summed E-state index contributed by atoms with van der Waals surface area (Å²) in [6.45, 7) is 1.61. The molecular weight excluding hydrogens is 463 g/mol. The third-order valence-corrected chi connectivity index (χ3v) is 5.08. The predicted octanol–water partition coefficient (Wildman–Crippen LogP) is 3.95. The number of alkyl halides is 3. The van der Waals surface area contributed by atoms with Crippen LogP contribution in [-0.4, -0.2) is 39.5 Å². The van der Waals surface area contributed by atoms with Crippen molar-refractivity contribution in [3.8, 4) is 11.4 Å². The molecule has 3 rings (SSSR count). The molecule has 0 aliphatic carbocycles. The molecule has 0 radical (unpaired) electrons. The monoisotopic (exact) mass is 484 g/mol. The van der Waals surface area contributed by atoms with Crippen molar-refractivity contribution in [2.45, 2.75) is 32.8 Å². The van der Waals surface area contributed by atoms with Crippen LogP contribution >= 0.6 is 0 Å². The van der Waals surface area contributed by atoms with E-state index >= 15 is 4.39 Å². The van der Waals surface area contributed by atoms with Crippen LogP contribution in [0.5, 0.6) is 5.75 Å². The first-order chi connectivity index (χ1) is 16.1. The summed E-state index contributed by atoms with van der Waals surface area (Å²) in [6, 6.07) is 5.43. The van der Waals surface area contributed by atoms with Crippen LogP contribution in [0.15, 0.2) is 35.1 Å². The second-order valence-corrected chi connectivity index (χ2v) is 7.35. The number of para-hydroxylation sites is 1. The molecule has 34 heavy (non-hydrogen) atoms. The summed E-state index contributed by atoms with van der Waals surface area (Å²) in [6.07, 6.45) is -5.21. The molecule has 1 amide bonds. The summed E-state index contributed by atoms with van der Waals surface area (Å²) in [7, 11) is 1.41. The van der Waals surface area contributed by atoms with E-state index in [0.29, 0.717) is 28.6 Å². The Balaban J connectivity index is 2.14. The standard InChI is InChI=1S/C22H21F5N4O3/c1-4-18-29-31(22(33)30(18)3)15-9-16(34-17(10-23)20(26)27)12(8-14(15)25)21(32)28-19-11(2)6-5-7-13(19)24/h5-9,17,20H,4,10H2,1-3H3,(H,28,32)/t17-/m0/s1. The lowest BCUT2D eigenvalue weighted by atomic mass is 10.1. The molecule has 1 heterocycles. The molecule has 182 valence electrons. The van der Waals surface area contributed by atoms with Crippen molar-refractivity contribution in [3.63, 3.8) is 0 Å². The first kappa shape index (κ1) is 24.9. The lowest BCUT2D eigenvalue weighted by molar-refractivity contribution is -0.00158. The number of hydrogen-bond donors (Lipinski definition) is 1. The van der Waals surface area contributed by atoms with Crippen LogP contribution in [0.3, 0.4) is 0 Å². The number of anilines is 1. The van der Waals surface area contributed by atoms with Crippen LogP contribution in [0, 0.1) is 18.6 Å². The van der Waals surface area contributed by atoms with E-state index < -0.39 is 59.4 Å². The van der Waals surface area contributed by atoms with Crippen LogP contribution in [0.1, 0.15) is 28.7 Å². The molecular formula is C22H21F5N4O3. The highest BCUT2D eigenvalue weighted by Gasteiger charge is 2.27. The Kier molecular flexibility index (Phi) is 7.38. The lowest BCUT2D eigenvalue weighted by Crippen LogP contribution is -2.29. The Bertz CT molecular complexity index is 1250. The fourth-order valence-electron chi connectivity index (χ4n) is 3.21. The van der Waals surface area contributed by atoms with Crippen LogP contribution in [0.2, 0.25) is 0 Å². The Morgan fingerprint density at radius 1 is 1.21 bits per heavy atom. The summed E-state index contributed by atoms with van der Waals surface area (Å²) in [5.41, 5.74) is -1.72. The number of rotatable bonds is 8. The molecule has 0 unspecified atom stereocenters. The van der Waals surface area contributed by atoms with E-state index in [9.17, 15) is 27.2 Å². The summed E-state index contributed by atoms with van der Waals surface area (Å²) in [4.78, 5) is 25.3. The molecule has 2 aromatic carbocycles. The second-order valence-electron chi connectivity index (χ2n) is 7.35. The molecule has 1 aromatic heterocycles. The first-order valence-electron chi connectivity index (χ1n) is 10.1. The van der Waals surface area contributed by atoms with Gasteiger partial charge in [0.2, 0.25) is 0 Å². The molecule has 7 nitrogen and oxygen atoms in total. The highest BCUT2D eigenvalue weighted by molar-refractivity contribution is 6.06. The van der Waals surface area contributed by atoms with E-state index in [0.717, 1.165) is 16.7 Å². The van der Waals surface area contributed by atoms with Crippen molar-refractivity contribution in [1.82, 2.24) is 14.3 Å². The normalized spacial score (nSPS) is 12.1. The highest BCUT2D eigenvalue weighted by atomic mass is 19.3. The largest absolute Gasteiger partial charge is 0.481 e. The van der Waals surface area contributed by atoms with E-state index in [2.05, 4.69) is 10.4 Å². The van der Waals surface area contributed by atoms with E-state index in [1.54, 1.807) is 6.92 Å². The number of benzene rings is 2. The topological polar surface area (TPSA) is 78.2 Å². The molecule has 0 aliphatic rings. The van der Waals surface area contributed by atoms with Crippen molar-refractivity contribution in [2.24, 2.45) is 7.05 Å². The fraction of sp³-hybridized carbons (Fsp3) is 0.318. The van der Waals surface area contributed by atoms with Gasteiger partial charge in [0.15, 0.2) is 6.10 Å². The van der Waals surface area contributed by atoms with E-state index in [1.165, 1.54) is 26.1 Å². The molecule has 0 aliphatic heterocycles. The van der Waals surface area contributed by atoms with Gasteiger partial charge in [0.25, 0.3) is 12.3 Å². The zero-order valence-corrected chi connectivity index (χ0v) is 18.4. The first-order valence-corrected chi connectivity index (χ1v) is 10.1. The molecule has 0 spiro atoms. The molecule has 12 heteroatoms. The number of carbonyl (C=O) groups is 1. The van der Waals surface area contributed by atoms with Crippen molar-refractivity contribution < 1.29 is 31.5 Å². The van der Waals surface area contributed by atoms with Gasteiger partial charge < -0.3 is 10.1 Å². The number of ether oxygens (including phenoxy) is 1. The molecule has 0 fully saturated rings. The molecule has 0 saturated carbocycles. The van der Waals surface area contributed by atoms with Crippen LogP contribution < -0.4 is 15.7 Å². The highest BCUT2D eigenvalue weighted by Crippen LogP contribution is 2.29. The zero-order valence-electron chi connectivity index (χ0n) is 18.4. The molecule has 3 aromatic rings. The van der Waals surface area contributed by atoms with Gasteiger partial charge in [0, 0.05) is 19.5 Å². The van der Waals surface area contributed by atoms with Gasteiger partial charge >= 0.3 is 5.69 Å². The van der Waals surface area contributed by atoms with Crippen molar-refractivity contribution in [3.05, 3.63) is 69.4 Å². The minimum absolute atomic E-state index is 0.215. The molecule has 0 bridgehead atoms. The van der Waals surface area contributed by atoms with Gasteiger partial charge in [0.1, 0.15) is 35.6 Å². The maximum absolute atomic E-state index is 15.0. The third-order valence-electron chi connectivity index (χ3n) is 5.08. The number of amides is 1. The third kappa shape index (κ3) is 4.80. The van der Waals surface area contributed by atoms with Crippen molar-refractivity contribution in [1.29, 1.82) is 0 Å².